The van der Waals surface area contributed by atoms with Crippen LogP contribution >= 0.6 is 0 Å². The van der Waals surface area contributed by atoms with E-state index in [0.717, 1.165) is 11.9 Å². The van der Waals surface area contributed by atoms with Crippen molar-refractivity contribution in [1.82, 2.24) is 9.88 Å². The Morgan fingerprint density at radius 1 is 1.10 bits per heavy atom. The number of ether oxygens (including phenoxy) is 2. The van der Waals surface area contributed by atoms with Gasteiger partial charge in [-0.2, -0.15) is 0 Å². The Labute approximate surface area is 179 Å². The molecule has 3 aromatic rings. The van der Waals surface area contributed by atoms with Crippen LogP contribution in [0.5, 0.6) is 17.4 Å². The second kappa shape index (κ2) is 9.75. The van der Waals surface area contributed by atoms with Gasteiger partial charge in [0.1, 0.15) is 6.54 Å². The van der Waals surface area contributed by atoms with E-state index in [9.17, 15) is 14.7 Å². The van der Waals surface area contributed by atoms with Crippen LogP contribution in [0.15, 0.2) is 52.7 Å². The molecule has 162 valence electrons. The van der Waals surface area contributed by atoms with Gasteiger partial charge in [-0.15, -0.1) is 10.2 Å². The number of methoxy groups -OCH3 is 2. The highest BCUT2D eigenvalue weighted by Crippen LogP contribution is 2.38. The Bertz CT molecular complexity index is 1140. The zero-order valence-electron chi connectivity index (χ0n) is 17.6. The zero-order chi connectivity index (χ0) is 22.4. The number of carbonyl (C=O) groups excluding carboxylic acids is 2. The standard InChI is InChI=1S/C22H24N4O5/c1-4-11-26-16-8-6-5-7-15(16)20(22(26)29)25-24-19(27)13-23-21(28)14-9-10-17(30-2)18(12-14)31-3/h5-10,12,29H,4,11,13H2,1-3H3,(H,23,28). The monoisotopic (exact) mass is 424 g/mol. The van der Waals surface area contributed by atoms with E-state index in [2.05, 4.69) is 15.5 Å². The van der Waals surface area contributed by atoms with Crippen molar-refractivity contribution in [3.63, 3.8) is 0 Å². The van der Waals surface area contributed by atoms with Crippen LogP contribution in [0.4, 0.5) is 5.69 Å². The van der Waals surface area contributed by atoms with Crippen molar-refractivity contribution in [2.45, 2.75) is 19.9 Å². The number of aryl methyl sites for hydroxylation is 1. The lowest BCUT2D eigenvalue weighted by atomic mass is 10.2. The second-order valence-electron chi connectivity index (χ2n) is 6.69. The van der Waals surface area contributed by atoms with E-state index >= 15 is 0 Å². The smallest absolute Gasteiger partial charge is 0.283 e. The molecule has 2 N–H and O–H groups in total. The van der Waals surface area contributed by atoms with Crippen LogP contribution < -0.4 is 14.8 Å². The van der Waals surface area contributed by atoms with Gasteiger partial charge in [-0.1, -0.05) is 25.1 Å². The maximum atomic E-state index is 12.3. The Balaban J connectivity index is 1.70. The largest absolute Gasteiger partial charge is 0.493 e. The van der Waals surface area contributed by atoms with Crippen LogP contribution in [-0.2, 0) is 11.3 Å². The summed E-state index contributed by atoms with van der Waals surface area (Å²) in [5.41, 5.74) is 1.34. The van der Waals surface area contributed by atoms with Gasteiger partial charge in [-0.3, -0.25) is 9.59 Å². The lowest BCUT2D eigenvalue weighted by Gasteiger charge is -2.09. The molecular formula is C22H24N4O5. The van der Waals surface area contributed by atoms with Crippen LogP contribution in [0.3, 0.4) is 0 Å². The van der Waals surface area contributed by atoms with E-state index in [0.29, 0.717) is 29.0 Å². The molecule has 0 spiro atoms. The number of para-hydroxylation sites is 1. The topological polar surface area (TPSA) is 115 Å². The van der Waals surface area contributed by atoms with Gasteiger partial charge < -0.3 is 24.5 Å². The van der Waals surface area contributed by atoms with Gasteiger partial charge in [0.25, 0.3) is 11.8 Å². The fourth-order valence-corrected chi connectivity index (χ4v) is 3.20. The predicted molar refractivity (Wildman–Crippen MR) is 115 cm³/mol. The normalized spacial score (nSPS) is 11.1. The number of nitrogens with zero attached hydrogens (tertiary/aromatic N) is 3. The molecule has 0 saturated carbocycles. The van der Waals surface area contributed by atoms with Crippen LogP contribution in [0.1, 0.15) is 23.7 Å². The van der Waals surface area contributed by atoms with E-state index in [-0.39, 0.29) is 18.1 Å². The lowest BCUT2D eigenvalue weighted by molar-refractivity contribution is -0.117. The van der Waals surface area contributed by atoms with Crippen molar-refractivity contribution in [3.8, 4) is 17.4 Å². The molecule has 1 heterocycles. The lowest BCUT2D eigenvalue weighted by Crippen LogP contribution is -2.28. The first-order valence-corrected chi connectivity index (χ1v) is 9.75. The third-order valence-electron chi connectivity index (χ3n) is 4.67. The molecule has 1 aromatic heterocycles. The molecule has 3 rings (SSSR count). The number of hydrogen-bond acceptors (Lipinski definition) is 6. The third kappa shape index (κ3) is 4.66. The summed E-state index contributed by atoms with van der Waals surface area (Å²) in [6.45, 7) is 2.27. The predicted octanol–water partition coefficient (Wildman–Crippen LogP) is 3.81. The number of amides is 2. The molecule has 0 aliphatic heterocycles. The number of aromatic hydroxyl groups is 1. The summed E-state index contributed by atoms with van der Waals surface area (Å²) in [6, 6.07) is 12.0. The van der Waals surface area contributed by atoms with Crippen molar-refractivity contribution >= 4 is 28.4 Å². The van der Waals surface area contributed by atoms with Gasteiger partial charge >= 0.3 is 0 Å². The summed E-state index contributed by atoms with van der Waals surface area (Å²) in [5.74, 6) is -0.271. The molecule has 0 bridgehead atoms. The zero-order valence-corrected chi connectivity index (χ0v) is 17.6. The molecule has 2 aromatic carbocycles. The summed E-state index contributed by atoms with van der Waals surface area (Å²) in [4.78, 5) is 24.5. The average molecular weight is 424 g/mol. The Morgan fingerprint density at radius 2 is 1.84 bits per heavy atom. The average Bonchev–Trinajstić information content (AvgIpc) is 3.06. The Hall–Kier alpha value is -3.88. The van der Waals surface area contributed by atoms with Gasteiger partial charge in [-0.05, 0) is 30.7 Å². The first kappa shape index (κ1) is 21.8. The molecular weight excluding hydrogens is 400 g/mol. The maximum absolute atomic E-state index is 12.3. The number of benzene rings is 2. The molecule has 0 fully saturated rings. The minimum Gasteiger partial charge on any atom is -0.493 e. The Kier molecular flexibility index (Phi) is 6.86. The second-order valence-corrected chi connectivity index (χ2v) is 6.69. The summed E-state index contributed by atoms with van der Waals surface area (Å²) in [5, 5.41) is 21.3. The van der Waals surface area contributed by atoms with Gasteiger partial charge in [-0.25, -0.2) is 0 Å². The van der Waals surface area contributed by atoms with E-state index < -0.39 is 11.8 Å². The molecule has 9 nitrogen and oxygen atoms in total. The Morgan fingerprint density at radius 3 is 2.55 bits per heavy atom. The molecule has 0 atom stereocenters. The third-order valence-corrected chi connectivity index (χ3v) is 4.67. The number of nitrogens with one attached hydrogen (secondary N) is 1. The maximum Gasteiger partial charge on any atom is 0.283 e. The molecule has 9 heteroatoms. The molecule has 0 aliphatic carbocycles. The van der Waals surface area contributed by atoms with E-state index in [1.165, 1.54) is 20.3 Å². The fraction of sp³-hybridized carbons (Fsp3) is 0.273. The number of aromatic nitrogens is 1. The molecule has 0 saturated heterocycles. The molecule has 0 radical (unpaired) electrons. The van der Waals surface area contributed by atoms with E-state index in [4.69, 9.17) is 9.47 Å². The first-order valence-electron chi connectivity index (χ1n) is 9.75. The van der Waals surface area contributed by atoms with Gasteiger partial charge in [0.05, 0.1) is 19.7 Å². The number of fused-ring (bicyclic) bond motifs is 1. The highest BCUT2D eigenvalue weighted by molar-refractivity contribution is 5.97. The molecule has 0 aliphatic rings. The highest BCUT2D eigenvalue weighted by atomic mass is 16.5. The van der Waals surface area contributed by atoms with Crippen LogP contribution in [0.2, 0.25) is 0 Å². The summed E-state index contributed by atoms with van der Waals surface area (Å²) < 4.78 is 12.0. The van der Waals surface area contributed by atoms with Crippen molar-refractivity contribution in [1.29, 1.82) is 0 Å². The SMILES string of the molecule is CCCn1c(O)c(N=NC(=O)CNC(=O)c2ccc(OC)c(OC)c2)c2ccccc21. The van der Waals surface area contributed by atoms with Crippen molar-refractivity contribution in [2.24, 2.45) is 10.2 Å². The minimum absolute atomic E-state index is 0.0473. The molecule has 0 unspecified atom stereocenters. The highest BCUT2D eigenvalue weighted by Gasteiger charge is 2.16. The molecule has 31 heavy (non-hydrogen) atoms. The van der Waals surface area contributed by atoms with Gasteiger partial charge in [0.2, 0.25) is 5.88 Å². The summed E-state index contributed by atoms with van der Waals surface area (Å²) in [7, 11) is 2.97. The van der Waals surface area contributed by atoms with E-state index in [1.54, 1.807) is 22.8 Å². The quantitative estimate of drug-likeness (QED) is 0.534. The fourth-order valence-electron chi connectivity index (χ4n) is 3.20. The number of carbonyl (C=O) groups is 2. The van der Waals surface area contributed by atoms with Crippen LogP contribution in [0.25, 0.3) is 10.9 Å². The number of hydrogen-bond donors (Lipinski definition) is 2. The summed E-state index contributed by atoms with van der Waals surface area (Å²) >= 11 is 0. The van der Waals surface area contributed by atoms with Crippen molar-refractivity contribution in [2.75, 3.05) is 20.8 Å². The number of rotatable bonds is 8. The summed E-state index contributed by atoms with van der Waals surface area (Å²) in [6.07, 6.45) is 0.823. The minimum atomic E-state index is -0.652. The van der Waals surface area contributed by atoms with Crippen LogP contribution in [0, 0.1) is 0 Å². The number of azo groups is 1. The first-order chi connectivity index (χ1) is 15.0. The molecule has 2 amide bonds. The van der Waals surface area contributed by atoms with Gasteiger partial charge in [0.15, 0.2) is 17.2 Å². The van der Waals surface area contributed by atoms with E-state index in [1.807, 2.05) is 25.1 Å². The van der Waals surface area contributed by atoms with Crippen molar-refractivity contribution in [3.05, 3.63) is 48.0 Å². The van der Waals surface area contributed by atoms with Gasteiger partial charge in [0, 0.05) is 17.5 Å². The van der Waals surface area contributed by atoms with Crippen molar-refractivity contribution < 1.29 is 24.2 Å². The van der Waals surface area contributed by atoms with Crippen LogP contribution in [-0.4, -0.2) is 42.3 Å².